The van der Waals surface area contributed by atoms with Crippen LogP contribution in [0.25, 0.3) is 0 Å². The van der Waals surface area contributed by atoms with Crippen molar-refractivity contribution in [1.82, 2.24) is 4.72 Å². The Hall–Kier alpha value is -0.650. The molecule has 2 aliphatic rings. The van der Waals surface area contributed by atoms with Crippen molar-refractivity contribution >= 4 is 17.0 Å². The molecule has 1 aliphatic carbocycles. The van der Waals surface area contributed by atoms with Gasteiger partial charge in [0.2, 0.25) is 17.0 Å². The zero-order valence-corrected chi connectivity index (χ0v) is 9.13. The van der Waals surface area contributed by atoms with Gasteiger partial charge in [0, 0.05) is 5.57 Å². The molecule has 1 N–H and O–H groups in total. The average molecular weight is 237 g/mol. The van der Waals surface area contributed by atoms with Crippen molar-refractivity contribution in [2.45, 2.75) is 31.9 Å². The highest BCUT2D eigenvalue weighted by atomic mass is 32.2. The van der Waals surface area contributed by atoms with Gasteiger partial charge in [0.1, 0.15) is 0 Å². The lowest BCUT2D eigenvalue weighted by Gasteiger charge is -2.24. The molecule has 0 amide bonds. The maximum atomic E-state index is 12.7. The lowest BCUT2D eigenvalue weighted by Crippen LogP contribution is -2.37. The molecule has 0 spiro atoms. The second-order valence-corrected chi connectivity index (χ2v) is 5.02. The highest BCUT2D eigenvalue weighted by Gasteiger charge is 2.45. The number of nitrogens with one attached hydrogen (secondary N) is 1. The third-order valence-corrected chi connectivity index (χ3v) is 3.52. The molecule has 2 rings (SSSR count). The van der Waals surface area contributed by atoms with Crippen LogP contribution < -0.4 is 4.72 Å². The molecule has 15 heavy (non-hydrogen) atoms. The maximum absolute atomic E-state index is 12.7. The van der Waals surface area contributed by atoms with Crippen LogP contribution in [-0.2, 0) is 11.3 Å². The fourth-order valence-corrected chi connectivity index (χ4v) is 3.01. The zero-order valence-electron chi connectivity index (χ0n) is 8.32. The molecule has 6 heteroatoms. The fraction of sp³-hybridized carbons (Fsp3) is 0.667. The van der Waals surface area contributed by atoms with E-state index in [1.807, 2.05) is 0 Å². The zero-order chi connectivity index (χ0) is 11.1. The molecule has 0 aromatic rings. The first-order valence-electron chi connectivity index (χ1n) is 4.79. The van der Waals surface area contributed by atoms with E-state index in [4.69, 9.17) is 0 Å². The van der Waals surface area contributed by atoms with Crippen LogP contribution in [0.2, 0.25) is 0 Å². The first-order valence-corrected chi connectivity index (χ1v) is 6.38. The van der Waals surface area contributed by atoms with Crippen LogP contribution in [0.1, 0.15) is 25.7 Å². The van der Waals surface area contributed by atoms with E-state index in [9.17, 15) is 13.2 Å². The second-order valence-electron chi connectivity index (χ2n) is 3.68. The van der Waals surface area contributed by atoms with Gasteiger partial charge in [-0.1, -0.05) is 0 Å². The summed E-state index contributed by atoms with van der Waals surface area (Å²) in [6, 6.07) is 0. The predicted octanol–water partition coefficient (Wildman–Crippen LogP) is 2.50. The van der Waals surface area contributed by atoms with Gasteiger partial charge in [0.25, 0.3) is 0 Å². The number of allylic oxidation sites excluding steroid dienone is 2. The van der Waals surface area contributed by atoms with Crippen LogP contribution in [0.4, 0.5) is 13.2 Å². The van der Waals surface area contributed by atoms with E-state index < -0.39 is 23.2 Å². The smallest absolute Gasteiger partial charge is 0.187 e. The standard InChI is InChI=1S/C9H11F3N2S/c1-15-13-7-5-3-2-4-6(7)8(14-15)9(10,11)12/h2-5H2,1H3/p+1. The topological polar surface area (TPSA) is 24.4 Å². The van der Waals surface area contributed by atoms with Crippen LogP contribution in [0.5, 0.6) is 0 Å². The predicted molar refractivity (Wildman–Crippen MR) is 55.4 cm³/mol. The number of halogens is 3. The third kappa shape index (κ3) is 2.14. The minimum atomic E-state index is -4.30. The molecule has 0 aromatic heterocycles. The molecule has 1 heterocycles. The van der Waals surface area contributed by atoms with E-state index in [0.29, 0.717) is 12.0 Å². The molecule has 0 radical (unpaired) electrons. The summed E-state index contributed by atoms with van der Waals surface area (Å²) in [6.45, 7) is 0. The van der Waals surface area contributed by atoms with Crippen molar-refractivity contribution in [3.05, 3.63) is 11.3 Å². The summed E-state index contributed by atoms with van der Waals surface area (Å²) in [6.07, 6.45) is 0.381. The van der Waals surface area contributed by atoms with E-state index in [2.05, 4.69) is 9.12 Å². The normalized spacial score (nSPS) is 26.9. The van der Waals surface area contributed by atoms with Crippen LogP contribution >= 0.6 is 0 Å². The molecule has 1 atom stereocenters. The van der Waals surface area contributed by atoms with Crippen molar-refractivity contribution in [3.63, 3.8) is 0 Å². The average Bonchev–Trinajstić information content (AvgIpc) is 2.15. The van der Waals surface area contributed by atoms with Crippen molar-refractivity contribution < 1.29 is 13.2 Å². The summed E-state index contributed by atoms with van der Waals surface area (Å²) in [5.74, 6) is 0. The summed E-state index contributed by atoms with van der Waals surface area (Å²) < 4.78 is 44.8. The Bertz CT molecular complexity index is 333. The Morgan fingerprint density at radius 1 is 1.27 bits per heavy atom. The first kappa shape index (κ1) is 10.9. The maximum Gasteiger partial charge on any atom is 0.438 e. The Morgan fingerprint density at radius 3 is 2.60 bits per heavy atom. The van der Waals surface area contributed by atoms with Crippen LogP contribution in [0, 0.1) is 0 Å². The molecular formula is C9H12F3N2S+. The van der Waals surface area contributed by atoms with E-state index in [-0.39, 0.29) is 0 Å². The third-order valence-electron chi connectivity index (χ3n) is 2.52. The van der Waals surface area contributed by atoms with Crippen LogP contribution in [0.3, 0.4) is 0 Å². The quantitative estimate of drug-likeness (QED) is 0.643. The van der Waals surface area contributed by atoms with Gasteiger partial charge in [0.15, 0.2) is 6.26 Å². The van der Waals surface area contributed by atoms with Crippen LogP contribution in [-0.4, -0.2) is 18.1 Å². The summed E-state index contributed by atoms with van der Waals surface area (Å²) in [7, 11) is 0. The molecule has 1 unspecified atom stereocenters. The highest BCUT2D eigenvalue weighted by molar-refractivity contribution is 7.93. The minimum absolute atomic E-state index is 0.388. The number of hydrogen-bond acceptors (Lipinski definition) is 2. The molecule has 0 saturated heterocycles. The van der Waals surface area contributed by atoms with Gasteiger partial charge in [0.05, 0.1) is 5.70 Å². The van der Waals surface area contributed by atoms with Crippen molar-refractivity contribution in [2.24, 2.45) is 4.40 Å². The molecule has 1 aliphatic heterocycles. The SMILES string of the molecule is C[S+]1N=C(C(F)(F)F)C2=C(CCCC2)N1. The van der Waals surface area contributed by atoms with Crippen molar-refractivity contribution in [2.75, 3.05) is 6.26 Å². The molecule has 0 fully saturated rings. The largest absolute Gasteiger partial charge is 0.438 e. The number of alkyl halides is 3. The Balaban J connectivity index is 2.38. The molecule has 84 valence electrons. The lowest BCUT2D eigenvalue weighted by molar-refractivity contribution is -0.0583. The van der Waals surface area contributed by atoms with Gasteiger partial charge >= 0.3 is 6.18 Å². The van der Waals surface area contributed by atoms with Gasteiger partial charge in [-0.05, 0) is 30.1 Å². The van der Waals surface area contributed by atoms with Crippen molar-refractivity contribution in [3.8, 4) is 0 Å². The van der Waals surface area contributed by atoms with E-state index >= 15 is 0 Å². The molecular weight excluding hydrogens is 225 g/mol. The summed E-state index contributed by atoms with van der Waals surface area (Å²) in [5, 5.41) is 0. The first-order chi connectivity index (χ1) is 6.98. The summed E-state index contributed by atoms with van der Waals surface area (Å²) >= 11 is -0.725. The van der Waals surface area contributed by atoms with Gasteiger partial charge in [-0.25, -0.2) is 0 Å². The lowest BCUT2D eigenvalue weighted by atomic mass is 9.93. The molecule has 0 bridgehead atoms. The highest BCUT2D eigenvalue weighted by Crippen LogP contribution is 2.34. The van der Waals surface area contributed by atoms with Gasteiger partial charge < -0.3 is 0 Å². The molecule has 2 nitrogen and oxygen atoms in total. The Morgan fingerprint density at radius 2 is 1.93 bits per heavy atom. The second kappa shape index (κ2) is 3.73. The van der Waals surface area contributed by atoms with Crippen molar-refractivity contribution in [1.29, 1.82) is 0 Å². The van der Waals surface area contributed by atoms with Gasteiger partial charge in [-0.3, -0.25) is 0 Å². The number of nitrogens with zero attached hydrogens (tertiary/aromatic N) is 1. The van der Waals surface area contributed by atoms with Gasteiger partial charge in [-0.2, -0.15) is 17.9 Å². The van der Waals surface area contributed by atoms with E-state index in [1.165, 1.54) is 0 Å². The van der Waals surface area contributed by atoms with Gasteiger partial charge in [-0.15, -0.1) is 0 Å². The van der Waals surface area contributed by atoms with E-state index in [1.54, 1.807) is 6.26 Å². The van der Waals surface area contributed by atoms with Crippen LogP contribution in [0.15, 0.2) is 15.7 Å². The summed E-state index contributed by atoms with van der Waals surface area (Å²) in [5.41, 5.74) is 0.496. The minimum Gasteiger partial charge on any atom is -0.187 e. The fourth-order valence-electron chi connectivity index (χ4n) is 1.90. The van der Waals surface area contributed by atoms with E-state index in [0.717, 1.165) is 25.0 Å². The number of rotatable bonds is 0. The summed E-state index contributed by atoms with van der Waals surface area (Å²) in [4.78, 5) is 0. The Labute approximate surface area is 89.3 Å². The molecule has 0 aromatic carbocycles. The Kier molecular flexibility index (Phi) is 2.70. The molecule has 0 saturated carbocycles. The monoisotopic (exact) mass is 237 g/mol. The number of hydrogen-bond donors (Lipinski definition) is 1.